The summed E-state index contributed by atoms with van der Waals surface area (Å²) in [5, 5.41) is 16.8. The Kier molecular flexibility index (Phi) is 6.99. The normalized spacial score (nSPS) is 12.3. The van der Waals surface area contributed by atoms with Crippen molar-refractivity contribution in [1.29, 1.82) is 0 Å². The number of nitro benzene ring substituents is 1. The molecule has 0 aliphatic rings. The number of halogens is 2. The van der Waals surface area contributed by atoms with Crippen LogP contribution in [0.1, 0.15) is 24.1 Å². The first-order valence-corrected chi connectivity index (χ1v) is 8.24. The van der Waals surface area contributed by atoms with Gasteiger partial charge in [0, 0.05) is 30.3 Å². The summed E-state index contributed by atoms with van der Waals surface area (Å²) in [5.41, 5.74) is 1.09. The molecule has 1 unspecified atom stereocenters. The number of non-ortho nitro benzene ring substituents is 1. The van der Waals surface area contributed by atoms with Gasteiger partial charge in [-0.2, -0.15) is 0 Å². The van der Waals surface area contributed by atoms with Gasteiger partial charge in [0.15, 0.2) is 5.96 Å². The minimum Gasteiger partial charge on any atom is -0.353 e. The van der Waals surface area contributed by atoms with Gasteiger partial charge < -0.3 is 10.6 Å². The van der Waals surface area contributed by atoms with Gasteiger partial charge in [0.2, 0.25) is 0 Å². The van der Waals surface area contributed by atoms with Crippen molar-refractivity contribution in [3.63, 3.8) is 0 Å². The molecule has 0 aliphatic carbocycles. The quantitative estimate of drug-likeness (QED) is 0.254. The Morgan fingerprint density at radius 2 is 2.00 bits per heavy atom. The molecule has 0 bridgehead atoms. The first-order valence-electron chi connectivity index (χ1n) is 8.24. The van der Waals surface area contributed by atoms with E-state index in [1.807, 2.05) is 0 Å². The number of guanidine groups is 1. The summed E-state index contributed by atoms with van der Waals surface area (Å²) >= 11 is 0. The highest BCUT2D eigenvalue weighted by Crippen LogP contribution is 2.18. The molecule has 0 spiro atoms. The van der Waals surface area contributed by atoms with Crippen LogP contribution in [0.5, 0.6) is 0 Å². The molecule has 2 aromatic carbocycles. The lowest BCUT2D eigenvalue weighted by atomic mass is 10.1. The lowest BCUT2D eigenvalue weighted by Gasteiger charge is -2.19. The van der Waals surface area contributed by atoms with E-state index in [2.05, 4.69) is 22.2 Å². The minimum absolute atomic E-state index is 0.00580. The number of nitrogens with one attached hydrogen (secondary N) is 2. The standard InChI is InChI=1S/C19H20F2N4O2/c1-3-10-22-19(23-12-14-4-7-16(8-5-14)25(26)27)24-13(2)17-9-6-15(20)11-18(17)21/h3-9,11,13H,1,10,12H2,2H3,(H2,22,23,24). The summed E-state index contributed by atoms with van der Waals surface area (Å²) < 4.78 is 27.0. The molecule has 0 aliphatic heterocycles. The summed E-state index contributed by atoms with van der Waals surface area (Å²) in [7, 11) is 0. The third-order valence-corrected chi connectivity index (χ3v) is 3.76. The van der Waals surface area contributed by atoms with Crippen LogP contribution in [0.15, 0.2) is 60.1 Å². The number of nitro groups is 1. The zero-order chi connectivity index (χ0) is 19.8. The number of nitrogens with zero attached hydrogens (tertiary/aromatic N) is 2. The van der Waals surface area contributed by atoms with Crippen LogP contribution in [0, 0.1) is 21.7 Å². The highest BCUT2D eigenvalue weighted by molar-refractivity contribution is 5.80. The average molecular weight is 374 g/mol. The van der Waals surface area contributed by atoms with Crippen molar-refractivity contribution in [3.05, 3.63) is 88.0 Å². The van der Waals surface area contributed by atoms with Gasteiger partial charge in [-0.15, -0.1) is 6.58 Å². The van der Waals surface area contributed by atoms with Crippen LogP contribution < -0.4 is 10.6 Å². The largest absolute Gasteiger partial charge is 0.353 e. The predicted molar refractivity (Wildman–Crippen MR) is 100 cm³/mol. The highest BCUT2D eigenvalue weighted by Gasteiger charge is 2.13. The van der Waals surface area contributed by atoms with E-state index in [-0.39, 0.29) is 12.2 Å². The third kappa shape index (κ3) is 5.88. The van der Waals surface area contributed by atoms with Crippen molar-refractivity contribution < 1.29 is 13.7 Å². The fraction of sp³-hybridized carbons (Fsp3) is 0.211. The maximum absolute atomic E-state index is 13.9. The molecule has 0 saturated heterocycles. The second-order valence-corrected chi connectivity index (χ2v) is 5.79. The smallest absolute Gasteiger partial charge is 0.269 e. The number of benzene rings is 2. The van der Waals surface area contributed by atoms with Crippen LogP contribution in [0.25, 0.3) is 0 Å². The molecule has 0 heterocycles. The maximum atomic E-state index is 13.9. The summed E-state index contributed by atoms with van der Waals surface area (Å²) in [5.74, 6) is -0.877. The molecule has 0 aromatic heterocycles. The van der Waals surface area contributed by atoms with E-state index in [1.165, 1.54) is 24.3 Å². The first-order chi connectivity index (χ1) is 12.9. The monoisotopic (exact) mass is 374 g/mol. The molecule has 6 nitrogen and oxygen atoms in total. The van der Waals surface area contributed by atoms with Gasteiger partial charge >= 0.3 is 0 Å². The Morgan fingerprint density at radius 1 is 1.30 bits per heavy atom. The maximum Gasteiger partial charge on any atom is 0.269 e. The molecule has 8 heteroatoms. The van der Waals surface area contributed by atoms with E-state index in [0.717, 1.165) is 11.6 Å². The molecule has 2 rings (SSSR count). The van der Waals surface area contributed by atoms with E-state index in [9.17, 15) is 18.9 Å². The van der Waals surface area contributed by atoms with Crippen LogP contribution in [0.3, 0.4) is 0 Å². The SMILES string of the molecule is C=CCNC(=NCc1ccc([N+](=O)[O-])cc1)NC(C)c1ccc(F)cc1F. The zero-order valence-corrected chi connectivity index (χ0v) is 14.8. The fourth-order valence-corrected chi connectivity index (χ4v) is 2.35. The van der Waals surface area contributed by atoms with Crippen molar-refractivity contribution in [1.82, 2.24) is 10.6 Å². The van der Waals surface area contributed by atoms with E-state index in [1.54, 1.807) is 25.1 Å². The second-order valence-electron chi connectivity index (χ2n) is 5.79. The first kappa shape index (κ1) is 20.0. The molecule has 142 valence electrons. The van der Waals surface area contributed by atoms with Crippen LogP contribution in [0.2, 0.25) is 0 Å². The van der Waals surface area contributed by atoms with Gasteiger partial charge in [0.05, 0.1) is 17.5 Å². The summed E-state index contributed by atoms with van der Waals surface area (Å²) in [4.78, 5) is 14.6. The topological polar surface area (TPSA) is 79.6 Å². The molecular weight excluding hydrogens is 354 g/mol. The van der Waals surface area contributed by atoms with Crippen LogP contribution in [-0.2, 0) is 6.54 Å². The van der Waals surface area contributed by atoms with Gasteiger partial charge in [-0.25, -0.2) is 13.8 Å². The Bertz CT molecular complexity index is 838. The van der Waals surface area contributed by atoms with Crippen molar-refractivity contribution in [2.45, 2.75) is 19.5 Å². The predicted octanol–water partition coefficient (Wildman–Crippen LogP) is 3.86. The number of aliphatic imine (C=N–C) groups is 1. The van der Waals surface area contributed by atoms with Crippen molar-refractivity contribution in [2.75, 3.05) is 6.54 Å². The second kappa shape index (κ2) is 9.42. The van der Waals surface area contributed by atoms with Crippen LogP contribution in [-0.4, -0.2) is 17.4 Å². The number of rotatable bonds is 7. The van der Waals surface area contributed by atoms with Gasteiger partial charge in [-0.1, -0.05) is 24.3 Å². The van der Waals surface area contributed by atoms with Gasteiger partial charge in [0.25, 0.3) is 5.69 Å². The average Bonchev–Trinajstić information content (AvgIpc) is 2.64. The molecule has 0 fully saturated rings. The summed E-state index contributed by atoms with van der Waals surface area (Å²) in [6.45, 7) is 6.06. The minimum atomic E-state index is -0.645. The Morgan fingerprint density at radius 3 is 2.59 bits per heavy atom. The zero-order valence-electron chi connectivity index (χ0n) is 14.8. The number of hydrogen-bond donors (Lipinski definition) is 2. The fourth-order valence-electron chi connectivity index (χ4n) is 2.35. The Hall–Kier alpha value is -3.29. The lowest BCUT2D eigenvalue weighted by molar-refractivity contribution is -0.384. The lowest BCUT2D eigenvalue weighted by Crippen LogP contribution is -2.39. The Labute approximate surface area is 155 Å². The molecule has 0 amide bonds. The molecule has 1 atom stereocenters. The van der Waals surface area contributed by atoms with Crippen LogP contribution in [0.4, 0.5) is 14.5 Å². The molecule has 2 aromatic rings. The molecule has 0 radical (unpaired) electrons. The molecule has 2 N–H and O–H groups in total. The van der Waals surface area contributed by atoms with E-state index in [0.29, 0.717) is 18.1 Å². The molecular formula is C19H20F2N4O2. The highest BCUT2D eigenvalue weighted by atomic mass is 19.1. The van der Waals surface area contributed by atoms with Crippen LogP contribution >= 0.6 is 0 Å². The summed E-state index contributed by atoms with van der Waals surface area (Å²) in [6.07, 6.45) is 1.65. The molecule has 0 saturated carbocycles. The van der Waals surface area contributed by atoms with Crippen molar-refractivity contribution in [3.8, 4) is 0 Å². The van der Waals surface area contributed by atoms with E-state index in [4.69, 9.17) is 0 Å². The number of hydrogen-bond acceptors (Lipinski definition) is 3. The van der Waals surface area contributed by atoms with Gasteiger partial charge in [0.1, 0.15) is 11.6 Å². The van der Waals surface area contributed by atoms with Gasteiger partial charge in [-0.3, -0.25) is 10.1 Å². The van der Waals surface area contributed by atoms with E-state index >= 15 is 0 Å². The van der Waals surface area contributed by atoms with Crippen molar-refractivity contribution in [2.24, 2.45) is 4.99 Å². The third-order valence-electron chi connectivity index (χ3n) is 3.76. The summed E-state index contributed by atoms with van der Waals surface area (Å²) in [6, 6.07) is 9.01. The Balaban J connectivity index is 2.12. The van der Waals surface area contributed by atoms with Gasteiger partial charge in [-0.05, 0) is 18.6 Å². The van der Waals surface area contributed by atoms with Crippen molar-refractivity contribution >= 4 is 11.6 Å². The van der Waals surface area contributed by atoms with E-state index < -0.39 is 22.6 Å². The molecule has 27 heavy (non-hydrogen) atoms.